The lowest BCUT2D eigenvalue weighted by Gasteiger charge is -2.15. The molecule has 0 unspecified atom stereocenters. The summed E-state index contributed by atoms with van der Waals surface area (Å²) in [6.45, 7) is 3.79. The number of thiocarbonyl (C=S) groups is 1. The Bertz CT molecular complexity index is 1040. The normalized spacial score (nSPS) is 15.2. The molecule has 0 bridgehead atoms. The van der Waals surface area contributed by atoms with Gasteiger partial charge in [0.25, 0.3) is 5.91 Å². The van der Waals surface area contributed by atoms with E-state index in [4.69, 9.17) is 33.3 Å². The molecule has 4 nitrogen and oxygen atoms in total. The van der Waals surface area contributed by atoms with Gasteiger partial charge in [-0.1, -0.05) is 41.7 Å². The number of halogens is 2. The maximum Gasteiger partial charge on any atom is 0.270 e. The van der Waals surface area contributed by atoms with Crippen molar-refractivity contribution in [2.45, 2.75) is 6.42 Å². The van der Waals surface area contributed by atoms with Crippen molar-refractivity contribution in [3.8, 4) is 11.5 Å². The molecule has 1 aliphatic rings. The third-order valence-electron chi connectivity index (χ3n) is 4.20. The van der Waals surface area contributed by atoms with Crippen LogP contribution < -0.4 is 14.4 Å². The number of thioether (sulfide) groups is 1. The van der Waals surface area contributed by atoms with E-state index in [0.29, 0.717) is 37.9 Å². The lowest BCUT2D eigenvalue weighted by molar-refractivity contribution is -0.113. The maximum absolute atomic E-state index is 13.0. The van der Waals surface area contributed by atoms with Gasteiger partial charge < -0.3 is 9.47 Å². The highest BCUT2D eigenvalue weighted by Crippen LogP contribution is 2.39. The summed E-state index contributed by atoms with van der Waals surface area (Å²) in [5, 5.41) is 0.509. The number of anilines is 1. The van der Waals surface area contributed by atoms with Crippen LogP contribution in [0.25, 0.3) is 6.08 Å². The molecule has 0 radical (unpaired) electrons. The lowest BCUT2D eigenvalue weighted by Crippen LogP contribution is -2.27. The predicted molar refractivity (Wildman–Crippen MR) is 128 cm³/mol. The Labute approximate surface area is 192 Å². The molecule has 0 saturated carbocycles. The van der Waals surface area contributed by atoms with Crippen LogP contribution in [0.3, 0.4) is 0 Å². The quantitative estimate of drug-likeness (QED) is 0.261. The zero-order valence-electron chi connectivity index (χ0n) is 15.7. The molecule has 1 heterocycles. The van der Waals surface area contributed by atoms with Gasteiger partial charge >= 0.3 is 0 Å². The van der Waals surface area contributed by atoms with Gasteiger partial charge in [0, 0.05) is 10.0 Å². The van der Waals surface area contributed by atoms with Crippen molar-refractivity contribution in [2.75, 3.05) is 19.1 Å². The third-order valence-corrected chi connectivity index (χ3v) is 6.73. The second-order valence-corrected chi connectivity index (χ2v) is 8.96. The van der Waals surface area contributed by atoms with Gasteiger partial charge in [-0.15, -0.1) is 6.58 Å². The molecule has 2 aromatic carbocycles. The molecule has 0 N–H and O–H groups in total. The Morgan fingerprint density at radius 3 is 2.66 bits per heavy atom. The first kappa shape index (κ1) is 21.9. The van der Waals surface area contributed by atoms with Crippen LogP contribution in [0.5, 0.6) is 11.5 Å². The number of benzene rings is 2. The van der Waals surface area contributed by atoms with Gasteiger partial charge in [-0.2, -0.15) is 0 Å². The monoisotopic (exact) mass is 509 g/mol. The van der Waals surface area contributed by atoms with Crippen LogP contribution >= 0.6 is 51.5 Å². The second-order valence-electron chi connectivity index (χ2n) is 6.02. The third kappa shape index (κ3) is 4.53. The van der Waals surface area contributed by atoms with Gasteiger partial charge in [0.1, 0.15) is 0 Å². The molecule has 2 aromatic rings. The standard InChI is InChI=1S/C21H17BrClNO3S2/c1-4-5-13-8-12(9-17(26-2)19(13)27-3)10-18-20(25)24(21(28)29-18)14-6-7-15(22)16(23)11-14/h4,6-11H,1,5H2,2-3H3/b18-10-. The van der Waals surface area contributed by atoms with Gasteiger partial charge in [-0.25, -0.2) is 0 Å². The van der Waals surface area contributed by atoms with E-state index in [1.165, 1.54) is 16.7 Å². The van der Waals surface area contributed by atoms with Crippen molar-refractivity contribution in [3.63, 3.8) is 0 Å². The van der Waals surface area contributed by atoms with Gasteiger partial charge in [-0.05, 0) is 64.3 Å². The first-order valence-corrected chi connectivity index (χ1v) is 10.9. The first-order chi connectivity index (χ1) is 13.9. The van der Waals surface area contributed by atoms with E-state index < -0.39 is 0 Å². The smallest absolute Gasteiger partial charge is 0.270 e. The average molecular weight is 511 g/mol. The molecule has 0 aromatic heterocycles. The van der Waals surface area contributed by atoms with Gasteiger partial charge in [0.05, 0.1) is 29.8 Å². The van der Waals surface area contributed by atoms with Crippen molar-refractivity contribution in [1.29, 1.82) is 0 Å². The van der Waals surface area contributed by atoms with Crippen LogP contribution in [0.4, 0.5) is 5.69 Å². The Morgan fingerprint density at radius 2 is 2.03 bits per heavy atom. The minimum atomic E-state index is -0.196. The number of methoxy groups -OCH3 is 2. The number of rotatable bonds is 6. The highest BCUT2D eigenvalue weighted by molar-refractivity contribution is 9.10. The van der Waals surface area contributed by atoms with Crippen molar-refractivity contribution < 1.29 is 14.3 Å². The zero-order valence-corrected chi connectivity index (χ0v) is 19.7. The summed E-state index contributed by atoms with van der Waals surface area (Å²) in [5.41, 5.74) is 2.36. The number of allylic oxidation sites excluding steroid dienone is 1. The minimum Gasteiger partial charge on any atom is -0.493 e. The second kappa shape index (κ2) is 9.34. The molecule has 1 fully saturated rings. The summed E-state index contributed by atoms with van der Waals surface area (Å²) in [5.74, 6) is 1.05. The topological polar surface area (TPSA) is 38.8 Å². The fraction of sp³-hybridized carbons (Fsp3) is 0.143. The van der Waals surface area contributed by atoms with E-state index in [1.807, 2.05) is 12.1 Å². The van der Waals surface area contributed by atoms with Crippen LogP contribution in [0.2, 0.25) is 5.02 Å². The Hall–Kier alpha value is -1.80. The van der Waals surface area contributed by atoms with Crippen LogP contribution in [0.1, 0.15) is 11.1 Å². The van der Waals surface area contributed by atoms with E-state index in [2.05, 4.69) is 22.5 Å². The highest BCUT2D eigenvalue weighted by atomic mass is 79.9. The van der Waals surface area contributed by atoms with Crippen molar-refractivity contribution in [3.05, 3.63) is 68.5 Å². The fourth-order valence-corrected chi connectivity index (χ4v) is 4.64. The summed E-state index contributed by atoms with van der Waals surface area (Å²) >= 11 is 16.2. The van der Waals surface area contributed by atoms with Crippen molar-refractivity contribution in [1.82, 2.24) is 0 Å². The van der Waals surface area contributed by atoms with E-state index in [-0.39, 0.29) is 5.91 Å². The molecule has 3 rings (SSSR count). The van der Waals surface area contributed by atoms with Crippen LogP contribution in [-0.2, 0) is 11.2 Å². The molecule has 29 heavy (non-hydrogen) atoms. The fourth-order valence-electron chi connectivity index (χ4n) is 2.92. The van der Waals surface area contributed by atoms with Crippen LogP contribution in [-0.4, -0.2) is 24.4 Å². The summed E-state index contributed by atoms with van der Waals surface area (Å²) in [6, 6.07) is 9.07. The molecule has 1 amide bonds. The van der Waals surface area contributed by atoms with Crippen molar-refractivity contribution >= 4 is 73.5 Å². The van der Waals surface area contributed by atoms with E-state index in [0.717, 1.165) is 15.6 Å². The summed E-state index contributed by atoms with van der Waals surface area (Å²) in [4.78, 5) is 15.0. The molecule has 8 heteroatoms. The van der Waals surface area contributed by atoms with E-state index in [1.54, 1.807) is 44.6 Å². The molecular weight excluding hydrogens is 494 g/mol. The zero-order chi connectivity index (χ0) is 21.1. The Balaban J connectivity index is 2.00. The number of hydrogen-bond acceptors (Lipinski definition) is 5. The molecule has 150 valence electrons. The number of hydrogen-bond donors (Lipinski definition) is 0. The molecule has 1 aliphatic heterocycles. The predicted octanol–water partition coefficient (Wildman–Crippen LogP) is 6.25. The molecule has 0 atom stereocenters. The van der Waals surface area contributed by atoms with Crippen LogP contribution in [0.15, 0.2) is 52.4 Å². The number of carbonyl (C=O) groups excluding carboxylic acids is 1. The number of amides is 1. The van der Waals surface area contributed by atoms with E-state index in [9.17, 15) is 4.79 Å². The number of carbonyl (C=O) groups is 1. The minimum absolute atomic E-state index is 0.196. The van der Waals surface area contributed by atoms with Gasteiger partial charge in [0.15, 0.2) is 15.8 Å². The summed E-state index contributed by atoms with van der Waals surface area (Å²) < 4.78 is 12.1. The average Bonchev–Trinajstić information content (AvgIpc) is 2.97. The molecule has 0 spiro atoms. The Kier molecular flexibility index (Phi) is 7.05. The van der Waals surface area contributed by atoms with Crippen molar-refractivity contribution in [2.24, 2.45) is 0 Å². The highest BCUT2D eigenvalue weighted by Gasteiger charge is 2.33. The lowest BCUT2D eigenvalue weighted by atomic mass is 10.0. The molecular formula is C21H17BrClNO3S2. The summed E-state index contributed by atoms with van der Waals surface area (Å²) in [6.07, 6.45) is 4.20. The van der Waals surface area contributed by atoms with Gasteiger partial charge in [0.2, 0.25) is 0 Å². The number of ether oxygens (including phenoxy) is 2. The van der Waals surface area contributed by atoms with Gasteiger partial charge in [-0.3, -0.25) is 9.69 Å². The molecule has 1 saturated heterocycles. The van der Waals surface area contributed by atoms with E-state index >= 15 is 0 Å². The molecule has 0 aliphatic carbocycles. The SMILES string of the molecule is C=CCc1cc(/C=C2\SC(=S)N(c3ccc(Br)c(Cl)c3)C2=O)cc(OC)c1OC. The first-order valence-electron chi connectivity index (χ1n) is 8.48. The number of nitrogens with zero attached hydrogens (tertiary/aromatic N) is 1. The maximum atomic E-state index is 13.0. The Morgan fingerprint density at radius 1 is 1.28 bits per heavy atom. The van der Waals surface area contributed by atoms with Crippen LogP contribution in [0, 0.1) is 0 Å². The largest absolute Gasteiger partial charge is 0.493 e. The summed E-state index contributed by atoms with van der Waals surface area (Å²) in [7, 11) is 3.18.